The number of nitrogens with one attached hydrogen (secondary N) is 1. The number of hydrogen-bond donors (Lipinski definition) is 1. The minimum absolute atomic E-state index is 0.142. The summed E-state index contributed by atoms with van der Waals surface area (Å²) in [6, 6.07) is 23.1. The summed E-state index contributed by atoms with van der Waals surface area (Å²) < 4.78 is 30.8. The molecule has 0 radical (unpaired) electrons. The lowest BCUT2D eigenvalue weighted by Gasteiger charge is -2.36. The highest BCUT2D eigenvalue weighted by molar-refractivity contribution is 7.88. The van der Waals surface area contributed by atoms with Crippen molar-refractivity contribution < 1.29 is 27.5 Å². The Hall–Kier alpha value is -4.57. The molecule has 2 aliphatic heterocycles. The van der Waals surface area contributed by atoms with Gasteiger partial charge in [0.05, 0.1) is 23.5 Å². The van der Waals surface area contributed by atoms with Gasteiger partial charge in [0, 0.05) is 50.0 Å². The molecule has 11 nitrogen and oxygen atoms in total. The van der Waals surface area contributed by atoms with Gasteiger partial charge in [0.2, 0.25) is 15.9 Å². The summed E-state index contributed by atoms with van der Waals surface area (Å²) in [7, 11) is -3.30. The fourth-order valence-electron chi connectivity index (χ4n) is 5.53. The summed E-state index contributed by atoms with van der Waals surface area (Å²) >= 11 is 0. The number of rotatable bonds is 8. The number of carbonyl (C=O) groups excluding carboxylic acids is 3. The molecule has 2 unspecified atom stereocenters. The average Bonchev–Trinajstić information content (AvgIpc) is 3.50. The van der Waals surface area contributed by atoms with Crippen molar-refractivity contribution in [1.82, 2.24) is 14.1 Å². The van der Waals surface area contributed by atoms with E-state index in [0.717, 1.165) is 5.56 Å². The molecule has 0 aliphatic carbocycles. The van der Waals surface area contributed by atoms with Crippen LogP contribution in [0.1, 0.15) is 38.3 Å². The lowest BCUT2D eigenvalue weighted by Crippen LogP contribution is -2.52. The number of carbonyl (C=O) groups is 3. The first-order chi connectivity index (χ1) is 21.1. The third kappa shape index (κ3) is 7.31. The van der Waals surface area contributed by atoms with E-state index in [4.69, 9.17) is 10.00 Å². The second-order valence-corrected chi connectivity index (χ2v) is 12.9. The number of piperazine rings is 1. The monoisotopic (exact) mass is 615 g/mol. The Morgan fingerprint density at radius 1 is 0.909 bits per heavy atom. The number of amides is 2. The first-order valence-corrected chi connectivity index (χ1v) is 16.1. The second-order valence-electron chi connectivity index (χ2n) is 10.9. The van der Waals surface area contributed by atoms with Crippen molar-refractivity contribution in [3.8, 4) is 6.07 Å². The fraction of sp³-hybridized carbons (Fsp3) is 0.312. The third-order valence-electron chi connectivity index (χ3n) is 7.96. The molecule has 1 N–H and O–H groups in total. The van der Waals surface area contributed by atoms with Gasteiger partial charge < -0.3 is 15.0 Å². The lowest BCUT2D eigenvalue weighted by atomic mass is 10.1. The number of benzene rings is 3. The van der Waals surface area contributed by atoms with Crippen molar-refractivity contribution in [2.24, 2.45) is 0 Å². The standard InChI is InChI=1S/C32H33N5O6S/c1-44(41,42)36-17-15-35(16-18-36)28-19-29(37(21-28)31(39)25-9-7-23(20-33)8-10-25)30(38)34-27-13-11-26(12-14-27)32(40)43-22-24-5-3-2-4-6-24/h2-14,28-29H,15-19,21-22H2,1H3,(H,34,38). The molecule has 2 saturated heterocycles. The molecular formula is C32H33N5O6S. The molecule has 0 aromatic heterocycles. The highest BCUT2D eigenvalue weighted by Crippen LogP contribution is 2.27. The Morgan fingerprint density at radius 2 is 1.55 bits per heavy atom. The quantitative estimate of drug-likeness (QED) is 0.382. The summed E-state index contributed by atoms with van der Waals surface area (Å²) in [5.74, 6) is -1.19. The van der Waals surface area contributed by atoms with E-state index in [2.05, 4.69) is 10.2 Å². The molecule has 5 rings (SSSR count). The van der Waals surface area contributed by atoms with Crippen LogP contribution < -0.4 is 5.32 Å². The zero-order valence-corrected chi connectivity index (χ0v) is 25.1. The predicted octanol–water partition coefficient (Wildman–Crippen LogP) is 2.71. The fourth-order valence-corrected chi connectivity index (χ4v) is 6.35. The van der Waals surface area contributed by atoms with Crippen LogP contribution in [0.2, 0.25) is 0 Å². The Kier molecular flexibility index (Phi) is 9.39. The normalized spacial score (nSPS) is 19.2. The van der Waals surface area contributed by atoms with Crippen LogP contribution >= 0.6 is 0 Å². The number of sulfonamides is 1. The molecule has 0 saturated carbocycles. The maximum atomic E-state index is 13.6. The number of hydrogen-bond acceptors (Lipinski definition) is 8. The molecular weight excluding hydrogens is 582 g/mol. The zero-order chi connectivity index (χ0) is 31.3. The molecule has 3 aromatic rings. The van der Waals surface area contributed by atoms with Crippen LogP contribution in [0.5, 0.6) is 0 Å². The van der Waals surface area contributed by atoms with Crippen LogP contribution in [0.25, 0.3) is 0 Å². The van der Waals surface area contributed by atoms with Gasteiger partial charge in [-0.05, 0) is 60.5 Å². The largest absolute Gasteiger partial charge is 0.457 e. The van der Waals surface area contributed by atoms with Gasteiger partial charge in [-0.25, -0.2) is 13.2 Å². The first kappa shape index (κ1) is 30.9. The van der Waals surface area contributed by atoms with Crippen molar-refractivity contribution in [1.29, 1.82) is 5.26 Å². The van der Waals surface area contributed by atoms with Gasteiger partial charge in [-0.15, -0.1) is 0 Å². The van der Waals surface area contributed by atoms with E-state index in [1.807, 2.05) is 36.4 Å². The smallest absolute Gasteiger partial charge is 0.338 e. The SMILES string of the molecule is CS(=O)(=O)N1CCN(C2CC(C(=O)Nc3ccc(C(=O)OCc4ccccc4)cc3)N(C(=O)c3ccc(C#N)cc3)C2)CC1. The minimum atomic E-state index is -3.30. The Balaban J connectivity index is 1.27. The Bertz CT molecular complexity index is 1650. The number of likely N-dealkylation sites (tertiary alicyclic amines) is 1. The maximum absolute atomic E-state index is 13.6. The second kappa shape index (κ2) is 13.4. The predicted molar refractivity (Wildman–Crippen MR) is 163 cm³/mol. The van der Waals surface area contributed by atoms with E-state index in [1.54, 1.807) is 53.4 Å². The number of nitriles is 1. The lowest BCUT2D eigenvalue weighted by molar-refractivity contribution is -0.119. The van der Waals surface area contributed by atoms with E-state index in [1.165, 1.54) is 10.6 Å². The van der Waals surface area contributed by atoms with Crippen molar-refractivity contribution in [3.63, 3.8) is 0 Å². The summed E-state index contributed by atoms with van der Waals surface area (Å²) in [5, 5.41) is 12.0. The molecule has 2 atom stereocenters. The maximum Gasteiger partial charge on any atom is 0.338 e. The Morgan fingerprint density at radius 3 is 2.16 bits per heavy atom. The average molecular weight is 616 g/mol. The van der Waals surface area contributed by atoms with Gasteiger partial charge in [0.15, 0.2) is 0 Å². The van der Waals surface area contributed by atoms with Crippen LogP contribution in [0, 0.1) is 11.3 Å². The molecule has 12 heteroatoms. The molecule has 228 valence electrons. The Labute approximate surface area is 256 Å². The van der Waals surface area contributed by atoms with Crippen LogP contribution in [0.15, 0.2) is 78.9 Å². The third-order valence-corrected chi connectivity index (χ3v) is 9.27. The van der Waals surface area contributed by atoms with E-state index in [9.17, 15) is 22.8 Å². The molecule has 44 heavy (non-hydrogen) atoms. The summed E-state index contributed by atoms with van der Waals surface area (Å²) in [6.45, 7) is 2.11. The molecule has 2 fully saturated rings. The van der Waals surface area contributed by atoms with Gasteiger partial charge in [0.1, 0.15) is 12.6 Å². The van der Waals surface area contributed by atoms with Crippen LogP contribution in [-0.4, -0.2) is 91.4 Å². The topological polar surface area (TPSA) is 140 Å². The summed E-state index contributed by atoms with van der Waals surface area (Å²) in [4.78, 5) is 43.4. The number of esters is 1. The summed E-state index contributed by atoms with van der Waals surface area (Å²) in [5.41, 5.74) is 2.46. The van der Waals surface area contributed by atoms with Gasteiger partial charge in [0.25, 0.3) is 5.91 Å². The molecule has 2 aliphatic rings. The zero-order valence-electron chi connectivity index (χ0n) is 24.3. The highest BCUT2D eigenvalue weighted by atomic mass is 32.2. The van der Waals surface area contributed by atoms with E-state index in [-0.39, 0.29) is 24.5 Å². The van der Waals surface area contributed by atoms with Crippen molar-refractivity contribution >= 4 is 33.5 Å². The molecule has 2 amide bonds. The number of anilines is 1. The van der Waals surface area contributed by atoms with E-state index < -0.39 is 22.0 Å². The van der Waals surface area contributed by atoms with Gasteiger partial charge in [-0.2, -0.15) is 9.57 Å². The number of nitrogens with zero attached hydrogens (tertiary/aromatic N) is 4. The number of ether oxygens (including phenoxy) is 1. The van der Waals surface area contributed by atoms with E-state index >= 15 is 0 Å². The molecule has 0 spiro atoms. The van der Waals surface area contributed by atoms with Crippen LogP contribution in [-0.2, 0) is 26.2 Å². The van der Waals surface area contributed by atoms with Crippen molar-refractivity contribution in [2.75, 3.05) is 44.3 Å². The van der Waals surface area contributed by atoms with Gasteiger partial charge in [-0.1, -0.05) is 30.3 Å². The van der Waals surface area contributed by atoms with Crippen molar-refractivity contribution in [2.45, 2.75) is 25.1 Å². The van der Waals surface area contributed by atoms with Crippen LogP contribution in [0.4, 0.5) is 5.69 Å². The first-order valence-electron chi connectivity index (χ1n) is 14.2. The van der Waals surface area contributed by atoms with Gasteiger partial charge in [-0.3, -0.25) is 14.5 Å². The molecule has 0 bridgehead atoms. The van der Waals surface area contributed by atoms with Crippen LogP contribution in [0.3, 0.4) is 0 Å². The highest BCUT2D eigenvalue weighted by Gasteiger charge is 2.43. The van der Waals surface area contributed by atoms with E-state index in [0.29, 0.717) is 61.5 Å². The van der Waals surface area contributed by atoms with Gasteiger partial charge >= 0.3 is 5.97 Å². The minimum Gasteiger partial charge on any atom is -0.457 e. The molecule has 2 heterocycles. The summed E-state index contributed by atoms with van der Waals surface area (Å²) in [6.07, 6.45) is 1.56. The molecule has 3 aromatic carbocycles. The van der Waals surface area contributed by atoms with Crippen molar-refractivity contribution in [3.05, 3.63) is 101 Å².